The standard InChI is InChI=1S/C93H139N23O27S3/c1-11-48(6)74(93(142)143)114-91(140)73(47(4)5)113-85(134)61(37-54-24-16-13-17-25-54)106-81(130)57(26-18-19-33-94)104-88(137)66-27-20-34-115(66)68(117)41-97-79(128)58(29-31-69(118)119)105-90(139)72(46(2)3)112-77(126)51(9)100-82(131)60(36-53-22-14-12-15-23-53)107-87(136)65(44-146)110-76(125)50(8)99-80(129)59(30-32-70(120)121)103-83(132)62(38-55-40-96-45-98-55)108-84(133)63(39-71(122)123)109-89(138)67-28-21-35-116(67)92(141)52(10)102-75(124)49(7)101-86(135)64(43-145)111-78(127)56(95)42-144/h12-17,22-25,40,45-52,56-67,72-74,144-146H,11,18-21,26-39,41-44,94-95H2,1-10H3,(H,96,98)(H,97,128)(H,99,129)(H,100,131)(H,101,135)(H,102,124)(H,103,132)(H,104,137)(H,105,139)(H,106,130)(H,107,136)(H,108,133)(H,109,138)(H,110,125)(H,111,127)(H,112,126)(H,113,134)(H,114,140)(H,118,119)(H,120,121)(H,122,123)(H,142,143)/t48-,49-,50-,51-,52-,56-,57-,58-,59-,60-,61-,62-,63-,64-,65-,66-,67-,72-,73-,74-/m0/s1. The molecule has 2 aliphatic heterocycles. The third-order valence-corrected chi connectivity index (χ3v) is 25.3. The zero-order valence-electron chi connectivity index (χ0n) is 82.9. The Morgan fingerprint density at radius 3 is 1.25 bits per heavy atom. The van der Waals surface area contributed by atoms with E-state index >= 15 is 0 Å². The molecule has 0 radical (unpaired) electrons. The highest BCUT2D eigenvalue weighted by molar-refractivity contribution is 7.80. The number of hydrogen-bond acceptors (Lipinski definition) is 29. The van der Waals surface area contributed by atoms with Gasteiger partial charge in [-0.25, -0.2) is 9.78 Å². The number of nitrogens with two attached hydrogens (primary N) is 2. The van der Waals surface area contributed by atoms with Gasteiger partial charge in [0.15, 0.2) is 0 Å². The van der Waals surface area contributed by atoms with Crippen molar-refractivity contribution < 1.29 is 131 Å². The second kappa shape index (κ2) is 61.7. The number of hydrogen-bond donors (Lipinski definition) is 27. The lowest BCUT2D eigenvalue weighted by Crippen LogP contribution is -2.61. The van der Waals surface area contributed by atoms with Gasteiger partial charge in [0.25, 0.3) is 0 Å². The number of likely N-dealkylation sites (tertiary alicyclic amines) is 2. The third-order valence-electron chi connectivity index (χ3n) is 24.1. The van der Waals surface area contributed by atoms with Crippen LogP contribution < -0.4 is 102 Å². The summed E-state index contributed by atoms with van der Waals surface area (Å²) in [4.78, 5) is 323. The first-order valence-corrected chi connectivity index (χ1v) is 49.8. The van der Waals surface area contributed by atoms with Gasteiger partial charge in [-0.1, -0.05) is 109 Å². The molecule has 0 saturated carbocycles. The van der Waals surface area contributed by atoms with Gasteiger partial charge < -0.3 is 137 Å². The lowest BCUT2D eigenvalue weighted by Gasteiger charge is -2.29. The second-order valence-electron chi connectivity index (χ2n) is 36.3. The van der Waals surface area contributed by atoms with Gasteiger partial charge in [0.05, 0.1) is 31.0 Å². The largest absolute Gasteiger partial charge is 0.481 e. The van der Waals surface area contributed by atoms with Crippen LogP contribution >= 0.6 is 37.9 Å². The summed E-state index contributed by atoms with van der Waals surface area (Å²) in [5.41, 5.74) is 12.7. The molecule has 19 amide bonds. The number of carbonyl (C=O) groups is 23. The van der Waals surface area contributed by atoms with Crippen LogP contribution in [0.4, 0.5) is 0 Å². The van der Waals surface area contributed by atoms with Crippen LogP contribution in [0, 0.1) is 17.8 Å². The first kappa shape index (κ1) is 123. The van der Waals surface area contributed by atoms with Crippen LogP contribution in [0.5, 0.6) is 0 Å². The number of carboxylic acid groups (broad SMARTS) is 4. The number of imidazole rings is 1. The maximum Gasteiger partial charge on any atom is 0.326 e. The molecule has 50 nitrogen and oxygen atoms in total. The Labute approximate surface area is 859 Å². The zero-order chi connectivity index (χ0) is 109. The van der Waals surface area contributed by atoms with Crippen molar-refractivity contribution in [2.24, 2.45) is 29.2 Å². The predicted molar refractivity (Wildman–Crippen MR) is 534 cm³/mol. The molecular formula is C93H139N23O27S3. The van der Waals surface area contributed by atoms with Crippen LogP contribution in [0.3, 0.4) is 0 Å². The van der Waals surface area contributed by atoms with E-state index in [1.807, 2.05) is 0 Å². The van der Waals surface area contributed by atoms with Crippen molar-refractivity contribution in [3.05, 3.63) is 90.0 Å². The summed E-state index contributed by atoms with van der Waals surface area (Å²) in [7, 11) is 0. The smallest absolute Gasteiger partial charge is 0.326 e. The Balaban J connectivity index is 1.24. The molecule has 1 aromatic heterocycles. The molecule has 2 aromatic carbocycles. The highest BCUT2D eigenvalue weighted by atomic mass is 32.1. The number of carbonyl (C=O) groups excluding carboxylic acids is 19. The van der Waals surface area contributed by atoms with Crippen LogP contribution in [-0.2, 0) is 130 Å². The van der Waals surface area contributed by atoms with E-state index < -0.39 is 319 Å². The fraction of sp³-hybridized carbons (Fsp3) is 0.591. The van der Waals surface area contributed by atoms with E-state index in [0.29, 0.717) is 30.4 Å². The molecule has 146 heavy (non-hydrogen) atoms. The van der Waals surface area contributed by atoms with Gasteiger partial charge in [0.2, 0.25) is 112 Å². The van der Waals surface area contributed by atoms with Crippen molar-refractivity contribution in [2.45, 2.75) is 287 Å². The maximum absolute atomic E-state index is 14.5. The predicted octanol–water partition coefficient (Wildman–Crippen LogP) is -5.74. The topological polar surface area (TPSA) is 765 Å². The molecule has 2 fully saturated rings. The van der Waals surface area contributed by atoms with E-state index in [2.05, 4.69) is 138 Å². The molecule has 20 atom stereocenters. The number of benzene rings is 2. The average molecular weight is 2110 g/mol. The van der Waals surface area contributed by atoms with Gasteiger partial charge in [-0.05, 0) is 121 Å². The van der Waals surface area contributed by atoms with Crippen LogP contribution in [0.25, 0.3) is 0 Å². The molecule has 3 aromatic rings. The van der Waals surface area contributed by atoms with E-state index in [1.54, 1.807) is 88.4 Å². The Kier molecular flexibility index (Phi) is 51.9. The summed E-state index contributed by atoms with van der Waals surface area (Å²) in [5.74, 6) is -26.4. The number of carboxylic acids is 4. The molecule has 5 rings (SSSR count). The number of nitrogens with one attached hydrogen (secondary N) is 18. The second-order valence-corrected chi connectivity index (χ2v) is 37.4. The van der Waals surface area contributed by atoms with Crippen LogP contribution in [0.1, 0.15) is 170 Å². The number of aliphatic carboxylic acids is 4. The molecule has 0 unspecified atom stereocenters. The number of rotatable bonds is 62. The van der Waals surface area contributed by atoms with Gasteiger partial charge in [0, 0.05) is 68.6 Å². The first-order chi connectivity index (χ1) is 69.0. The molecule has 3 heterocycles. The number of aromatic amines is 1. The van der Waals surface area contributed by atoms with Crippen molar-refractivity contribution in [3.8, 4) is 0 Å². The van der Waals surface area contributed by atoms with E-state index in [-0.39, 0.29) is 81.8 Å². The van der Waals surface area contributed by atoms with Crippen molar-refractivity contribution in [1.82, 2.24) is 110 Å². The molecule has 806 valence electrons. The molecule has 0 bridgehead atoms. The van der Waals surface area contributed by atoms with E-state index in [9.17, 15) is 131 Å². The van der Waals surface area contributed by atoms with Gasteiger partial charge >= 0.3 is 23.9 Å². The first-order valence-electron chi connectivity index (χ1n) is 47.9. The van der Waals surface area contributed by atoms with E-state index in [4.69, 9.17) is 11.5 Å². The number of unbranched alkanes of at least 4 members (excludes halogenated alkanes) is 1. The van der Waals surface area contributed by atoms with Gasteiger partial charge in [-0.2, -0.15) is 37.9 Å². The number of H-pyrrole nitrogens is 1. The highest BCUT2D eigenvalue weighted by Crippen LogP contribution is 2.23. The molecule has 0 aliphatic carbocycles. The Morgan fingerprint density at radius 2 is 0.781 bits per heavy atom. The number of aromatic nitrogens is 2. The molecule has 0 spiro atoms. The van der Waals surface area contributed by atoms with Gasteiger partial charge in [0.1, 0.15) is 109 Å². The highest BCUT2D eigenvalue weighted by Gasteiger charge is 2.44. The monoisotopic (exact) mass is 2110 g/mol. The van der Waals surface area contributed by atoms with E-state index in [0.717, 1.165) is 16.7 Å². The normalized spacial score (nSPS) is 17.0. The third kappa shape index (κ3) is 40.1. The zero-order valence-corrected chi connectivity index (χ0v) is 85.6. The fourth-order valence-corrected chi connectivity index (χ4v) is 16.1. The summed E-state index contributed by atoms with van der Waals surface area (Å²) in [6.45, 7) is 14.0. The summed E-state index contributed by atoms with van der Waals surface area (Å²) in [6, 6.07) is -11.3. The van der Waals surface area contributed by atoms with E-state index in [1.165, 1.54) is 47.1 Å². The Morgan fingerprint density at radius 1 is 0.404 bits per heavy atom. The van der Waals surface area contributed by atoms with Crippen molar-refractivity contribution in [1.29, 1.82) is 0 Å². The lowest BCUT2D eigenvalue weighted by molar-refractivity contribution is -0.144. The van der Waals surface area contributed by atoms with Gasteiger partial charge in [-0.15, -0.1) is 0 Å². The maximum atomic E-state index is 14.5. The van der Waals surface area contributed by atoms with Crippen molar-refractivity contribution in [3.63, 3.8) is 0 Å². The Hall–Kier alpha value is -13.6. The Bertz CT molecular complexity index is 5030. The molecule has 2 aliphatic rings. The summed E-state index contributed by atoms with van der Waals surface area (Å²) < 4.78 is 0. The van der Waals surface area contributed by atoms with Crippen LogP contribution in [-0.4, -0.2) is 335 Å². The minimum atomic E-state index is -1.98. The lowest BCUT2D eigenvalue weighted by atomic mass is 9.97. The quantitative estimate of drug-likeness (QED) is 0.0185. The molecular weight excluding hydrogens is 1970 g/mol. The summed E-state index contributed by atoms with van der Waals surface area (Å²) >= 11 is 12.3. The van der Waals surface area contributed by atoms with Crippen LogP contribution in [0.15, 0.2) is 73.2 Å². The molecule has 2 saturated heterocycles. The van der Waals surface area contributed by atoms with Crippen molar-refractivity contribution in [2.75, 3.05) is 43.4 Å². The number of nitrogens with zero attached hydrogens (tertiary/aromatic N) is 3. The fourth-order valence-electron chi connectivity index (χ4n) is 15.4. The van der Waals surface area contributed by atoms with Crippen molar-refractivity contribution >= 4 is 174 Å². The average Bonchev–Trinajstić information content (AvgIpc) is 1.67. The molecule has 53 heteroatoms. The SMILES string of the molecule is CC[C@H](C)[C@H](NC(=O)[C@@H](NC(=O)[C@H](Cc1ccccc1)NC(=O)[C@H](CCCCN)NC(=O)[C@@H]1CCCN1C(=O)CNC(=O)[C@H](CCC(=O)O)NC(=O)[C@@H](NC(=O)[C@H](C)NC(=O)[C@H](Cc1ccccc1)NC(=O)[C@H](CS)NC(=O)[C@H](C)NC(=O)[C@H](CCC(=O)O)NC(=O)[C@H](Cc1c[nH]cn1)NC(=O)[C@H](CC(=O)O)NC(=O)[C@@H]1CCCN1C(=O)[C@H](C)NC(=O)[C@H](C)NC(=O)[C@H](CS)NC(=O)[C@@H](N)CS)C(C)C)C(C)C)C(=O)O. The number of thiol groups is 3. The minimum absolute atomic E-state index is 0.00242. The number of amides is 19. The minimum Gasteiger partial charge on any atom is -0.481 e. The van der Waals surface area contributed by atoms with Gasteiger partial charge in [-0.3, -0.25) is 105 Å². The summed E-state index contributed by atoms with van der Waals surface area (Å²) in [5, 5.41) is 81.6. The van der Waals surface area contributed by atoms with Crippen LogP contribution in [0.2, 0.25) is 0 Å². The summed E-state index contributed by atoms with van der Waals surface area (Å²) in [6.07, 6.45) is -0.521. The molecule has 26 N–H and O–H groups in total.